The predicted octanol–water partition coefficient (Wildman–Crippen LogP) is 3.37. The van der Waals surface area contributed by atoms with E-state index in [9.17, 15) is 26.6 Å². The van der Waals surface area contributed by atoms with E-state index in [-0.39, 0.29) is 22.9 Å². The van der Waals surface area contributed by atoms with Crippen molar-refractivity contribution in [2.24, 2.45) is 0 Å². The van der Waals surface area contributed by atoms with Gasteiger partial charge in [0, 0.05) is 25.8 Å². The molecule has 2 aliphatic rings. The summed E-state index contributed by atoms with van der Waals surface area (Å²) in [6.07, 6.45) is 0.388. The second kappa shape index (κ2) is 9.03. The molecular formula is C18H18ClF4N5O2S. The van der Waals surface area contributed by atoms with Crippen molar-refractivity contribution in [1.82, 2.24) is 20.1 Å². The molecule has 13 heteroatoms. The molecule has 1 aromatic heterocycles. The third kappa shape index (κ3) is 4.79. The number of fused-ring (bicyclic) bond motifs is 4. The average molecular weight is 480 g/mol. The molecule has 3 heterocycles. The SMILES string of the molecule is CNc1cc(Cl)c(C(F)(F)F)cc1F.CS(=O)c1nnc2c(n1)CC1CCC2N1C=O. The second-order valence-corrected chi connectivity index (χ2v) is 8.62. The minimum Gasteiger partial charge on any atom is -0.386 e. The van der Waals surface area contributed by atoms with Crippen molar-refractivity contribution >= 4 is 34.5 Å². The number of nitrogens with zero attached hydrogens (tertiary/aromatic N) is 4. The maximum absolute atomic E-state index is 12.9. The number of carbonyl (C=O) groups is 1. The molecule has 2 bridgehead atoms. The van der Waals surface area contributed by atoms with Crippen molar-refractivity contribution in [2.45, 2.75) is 42.7 Å². The van der Waals surface area contributed by atoms with Gasteiger partial charge in [0.25, 0.3) is 0 Å². The normalized spacial score (nSPS) is 20.4. The van der Waals surface area contributed by atoms with Crippen LogP contribution in [0.3, 0.4) is 0 Å². The predicted molar refractivity (Wildman–Crippen MR) is 105 cm³/mol. The molecule has 7 nitrogen and oxygen atoms in total. The van der Waals surface area contributed by atoms with Crippen LogP contribution in [-0.4, -0.2) is 50.0 Å². The van der Waals surface area contributed by atoms with Crippen LogP contribution in [0.15, 0.2) is 17.3 Å². The van der Waals surface area contributed by atoms with E-state index in [0.29, 0.717) is 12.5 Å². The molecule has 0 aliphatic carbocycles. The molecule has 3 atom stereocenters. The topological polar surface area (TPSA) is 88.1 Å². The van der Waals surface area contributed by atoms with Gasteiger partial charge < -0.3 is 10.2 Å². The maximum Gasteiger partial charge on any atom is 0.417 e. The first-order valence-electron chi connectivity index (χ1n) is 9.10. The van der Waals surface area contributed by atoms with Crippen LogP contribution >= 0.6 is 11.6 Å². The zero-order chi connectivity index (χ0) is 22.9. The lowest BCUT2D eigenvalue weighted by molar-refractivity contribution is -0.137. The molecule has 31 heavy (non-hydrogen) atoms. The Morgan fingerprint density at radius 3 is 2.58 bits per heavy atom. The highest BCUT2D eigenvalue weighted by Crippen LogP contribution is 2.40. The van der Waals surface area contributed by atoms with E-state index in [1.807, 2.05) is 0 Å². The number of alkyl halides is 3. The highest BCUT2D eigenvalue weighted by atomic mass is 35.5. The van der Waals surface area contributed by atoms with Crippen molar-refractivity contribution in [1.29, 1.82) is 0 Å². The number of hydrogen-bond acceptors (Lipinski definition) is 6. The molecule has 0 radical (unpaired) electrons. The monoisotopic (exact) mass is 479 g/mol. The van der Waals surface area contributed by atoms with Crippen LogP contribution in [0.25, 0.3) is 0 Å². The molecule has 0 spiro atoms. The Labute approximate surface area is 182 Å². The summed E-state index contributed by atoms with van der Waals surface area (Å²) in [5.74, 6) is -0.982. The highest BCUT2D eigenvalue weighted by Gasteiger charge is 2.41. The quantitative estimate of drug-likeness (QED) is 0.536. The first-order chi connectivity index (χ1) is 14.6. The number of carbonyl (C=O) groups excluding carboxylic acids is 1. The van der Waals surface area contributed by atoms with E-state index >= 15 is 0 Å². The van der Waals surface area contributed by atoms with Gasteiger partial charge in [-0.25, -0.2) is 9.37 Å². The minimum absolute atomic E-state index is 0.0144. The van der Waals surface area contributed by atoms with Crippen LogP contribution in [0.1, 0.15) is 35.8 Å². The lowest BCUT2D eigenvalue weighted by Crippen LogP contribution is -2.37. The van der Waals surface area contributed by atoms with Crippen LogP contribution in [0.2, 0.25) is 5.02 Å². The van der Waals surface area contributed by atoms with Crippen molar-refractivity contribution in [3.63, 3.8) is 0 Å². The fourth-order valence-corrected chi connectivity index (χ4v) is 4.27. The zero-order valence-electron chi connectivity index (χ0n) is 16.4. The molecule has 1 aromatic carbocycles. The number of benzene rings is 1. The van der Waals surface area contributed by atoms with Gasteiger partial charge in [-0.1, -0.05) is 11.6 Å². The van der Waals surface area contributed by atoms with E-state index in [1.165, 1.54) is 7.05 Å². The number of anilines is 1. The van der Waals surface area contributed by atoms with Crippen molar-refractivity contribution in [3.8, 4) is 0 Å². The number of hydrogen-bond donors (Lipinski definition) is 1. The molecule has 2 aliphatic heterocycles. The number of aromatic nitrogens is 3. The third-order valence-corrected chi connectivity index (χ3v) is 6.08. The number of amides is 1. The fourth-order valence-electron chi connectivity index (χ4n) is 3.61. The Hall–Kier alpha value is -2.34. The molecule has 4 rings (SSSR count). The van der Waals surface area contributed by atoms with E-state index in [0.717, 1.165) is 36.7 Å². The maximum atomic E-state index is 12.9. The molecule has 1 fully saturated rings. The smallest absolute Gasteiger partial charge is 0.386 e. The van der Waals surface area contributed by atoms with Gasteiger partial charge in [-0.15, -0.1) is 10.2 Å². The Bertz CT molecular complexity index is 1020. The highest BCUT2D eigenvalue weighted by molar-refractivity contribution is 7.84. The second-order valence-electron chi connectivity index (χ2n) is 6.94. The summed E-state index contributed by atoms with van der Waals surface area (Å²) >= 11 is 5.34. The number of nitrogens with one attached hydrogen (secondary N) is 1. The summed E-state index contributed by atoms with van der Waals surface area (Å²) in [6, 6.07) is 1.51. The van der Waals surface area contributed by atoms with Gasteiger partial charge in [0.1, 0.15) is 11.5 Å². The molecule has 168 valence electrons. The van der Waals surface area contributed by atoms with E-state index in [1.54, 1.807) is 11.2 Å². The van der Waals surface area contributed by atoms with Crippen molar-refractivity contribution in [3.05, 3.63) is 39.9 Å². The summed E-state index contributed by atoms with van der Waals surface area (Å²) in [5, 5.41) is 10.1. The first-order valence-corrected chi connectivity index (χ1v) is 11.0. The van der Waals surface area contributed by atoms with Gasteiger partial charge >= 0.3 is 6.18 Å². The van der Waals surface area contributed by atoms with E-state index < -0.39 is 33.4 Å². The molecule has 1 saturated heterocycles. The van der Waals surface area contributed by atoms with Crippen LogP contribution in [0, 0.1) is 5.82 Å². The number of halogens is 5. The minimum atomic E-state index is -4.63. The standard InChI is InChI=1S/C10H12N4O2S.C8H6ClF4N/c1-17(16)10-11-7-4-6-2-3-8(14(6)5-15)9(7)12-13-10;1-14-7-3-5(9)4(2-6(7)10)8(11,12)13/h5-6,8H,2-4H2,1H3;2-3,14H,1H3. The lowest BCUT2D eigenvalue weighted by Gasteiger charge is -2.31. The largest absolute Gasteiger partial charge is 0.417 e. The summed E-state index contributed by atoms with van der Waals surface area (Å²) in [7, 11) is 0.183. The molecule has 1 amide bonds. The Balaban J connectivity index is 0.000000180. The van der Waals surface area contributed by atoms with Gasteiger partial charge in [-0.3, -0.25) is 9.00 Å². The van der Waals surface area contributed by atoms with Crippen LogP contribution < -0.4 is 5.32 Å². The van der Waals surface area contributed by atoms with Crippen molar-refractivity contribution < 1.29 is 26.6 Å². The fraction of sp³-hybridized carbons (Fsp3) is 0.444. The lowest BCUT2D eigenvalue weighted by atomic mass is 10.0. The Morgan fingerprint density at radius 1 is 1.29 bits per heavy atom. The summed E-state index contributed by atoms with van der Waals surface area (Å²) in [6.45, 7) is 0. The average Bonchev–Trinajstić information content (AvgIpc) is 3.01. The molecule has 3 unspecified atom stereocenters. The molecular weight excluding hydrogens is 462 g/mol. The van der Waals surface area contributed by atoms with Crippen LogP contribution in [0.5, 0.6) is 0 Å². The molecule has 2 aromatic rings. The third-order valence-electron chi connectivity index (χ3n) is 5.08. The Morgan fingerprint density at radius 2 is 2.00 bits per heavy atom. The zero-order valence-corrected chi connectivity index (χ0v) is 18.0. The van der Waals surface area contributed by atoms with E-state index in [4.69, 9.17) is 11.6 Å². The summed E-state index contributed by atoms with van der Waals surface area (Å²) in [5.41, 5.74) is 0.398. The number of rotatable bonds is 3. The van der Waals surface area contributed by atoms with Gasteiger partial charge in [0.05, 0.1) is 38.8 Å². The van der Waals surface area contributed by atoms with Gasteiger partial charge in [-0.05, 0) is 25.0 Å². The molecule has 1 N–H and O–H groups in total. The van der Waals surface area contributed by atoms with Crippen LogP contribution in [-0.2, 0) is 28.2 Å². The van der Waals surface area contributed by atoms with Crippen LogP contribution in [0.4, 0.5) is 23.2 Å². The van der Waals surface area contributed by atoms with Gasteiger partial charge in [0.2, 0.25) is 11.6 Å². The summed E-state index contributed by atoms with van der Waals surface area (Å²) < 4.78 is 60.8. The Kier molecular flexibility index (Phi) is 6.79. The summed E-state index contributed by atoms with van der Waals surface area (Å²) in [4.78, 5) is 17.1. The van der Waals surface area contributed by atoms with Crippen molar-refractivity contribution in [2.75, 3.05) is 18.6 Å². The molecule has 0 saturated carbocycles. The van der Waals surface area contributed by atoms with Gasteiger partial charge in [0.15, 0.2) is 0 Å². The first kappa shape index (κ1) is 23.3. The van der Waals surface area contributed by atoms with Gasteiger partial charge in [-0.2, -0.15) is 13.2 Å². The van der Waals surface area contributed by atoms with E-state index in [2.05, 4.69) is 20.5 Å².